The van der Waals surface area contributed by atoms with Gasteiger partial charge in [0, 0.05) is 21.1 Å². The zero-order valence-electron chi connectivity index (χ0n) is 21.7. The van der Waals surface area contributed by atoms with E-state index in [1.54, 1.807) is 17.4 Å². The molecule has 2 aliphatic rings. The first-order valence-electron chi connectivity index (χ1n) is 12.5. The zero-order chi connectivity index (χ0) is 27.3. The number of hydrogen-bond acceptors (Lipinski definition) is 9. The van der Waals surface area contributed by atoms with Gasteiger partial charge < -0.3 is 28.9 Å². The van der Waals surface area contributed by atoms with Crippen molar-refractivity contribution in [2.45, 2.75) is 29.3 Å². The van der Waals surface area contributed by atoms with Gasteiger partial charge in [-0.05, 0) is 50.5 Å². The summed E-state index contributed by atoms with van der Waals surface area (Å²) in [5.41, 5.74) is 4.66. The summed E-state index contributed by atoms with van der Waals surface area (Å²) in [5, 5.41) is 10.4. The van der Waals surface area contributed by atoms with Crippen LogP contribution in [0.4, 0.5) is 0 Å². The molecule has 5 atom stereocenters. The molecule has 2 fully saturated rings. The van der Waals surface area contributed by atoms with Gasteiger partial charge in [0.05, 0.1) is 29.4 Å². The van der Waals surface area contributed by atoms with Gasteiger partial charge in [0.2, 0.25) is 0 Å². The van der Waals surface area contributed by atoms with Crippen molar-refractivity contribution in [3.05, 3.63) is 59.6 Å². The highest BCUT2D eigenvalue weighted by atomic mass is 35.5. The second-order valence-corrected chi connectivity index (χ2v) is 12.8. The second kappa shape index (κ2) is 10.3. The summed E-state index contributed by atoms with van der Waals surface area (Å²) in [4.78, 5) is 13.1. The molecule has 0 aliphatic carbocycles. The number of benzene rings is 2. The standard InChI is InChI=1S/C27H30ClN5O5S/c1-29-39(35,33(2)3)18-10-8-16(9-11-18)15-4-6-17(7-5-15)23-19(28)12-20-26(31-23)32-27(30-20)38-22-14-37-24-21(34)13-36-25(22)24/h4-12,21-22,24-25,29,34-35H,13-14H2,1-3H3,(H,30,31,32)/t21-,22-,24-,25-/m1/s1. The van der Waals surface area contributed by atoms with Crippen LogP contribution >= 0.6 is 22.3 Å². The van der Waals surface area contributed by atoms with Crippen LogP contribution in [0.25, 0.3) is 33.5 Å². The van der Waals surface area contributed by atoms with E-state index in [0.717, 1.165) is 21.6 Å². The summed E-state index contributed by atoms with van der Waals surface area (Å²) >= 11 is 6.61. The molecule has 10 nitrogen and oxygen atoms in total. The molecule has 39 heavy (non-hydrogen) atoms. The van der Waals surface area contributed by atoms with Gasteiger partial charge in [-0.1, -0.05) is 48.0 Å². The molecule has 12 heteroatoms. The molecule has 4 aromatic rings. The Balaban J connectivity index is 1.21. The smallest absolute Gasteiger partial charge is 0.296 e. The number of nitrogens with one attached hydrogen (secondary N) is 2. The van der Waals surface area contributed by atoms with Crippen LogP contribution in [0.15, 0.2) is 59.5 Å². The molecule has 2 saturated heterocycles. The summed E-state index contributed by atoms with van der Waals surface area (Å²) in [6, 6.07) is 17.9. The Morgan fingerprint density at radius 1 is 1.00 bits per heavy atom. The average molecular weight is 572 g/mol. The minimum Gasteiger partial charge on any atom is -0.456 e. The summed E-state index contributed by atoms with van der Waals surface area (Å²) in [6.07, 6.45) is -1.73. The normalized spacial score (nSPS) is 25.1. The third-order valence-electron chi connectivity index (χ3n) is 7.14. The van der Waals surface area contributed by atoms with Gasteiger partial charge >= 0.3 is 0 Å². The van der Waals surface area contributed by atoms with Crippen molar-refractivity contribution in [2.75, 3.05) is 34.4 Å². The highest BCUT2D eigenvalue weighted by Gasteiger charge is 2.48. The van der Waals surface area contributed by atoms with Crippen LogP contribution in [0.1, 0.15) is 0 Å². The van der Waals surface area contributed by atoms with Gasteiger partial charge in [0.15, 0.2) is 11.8 Å². The highest BCUT2D eigenvalue weighted by Crippen LogP contribution is 2.49. The van der Waals surface area contributed by atoms with Crippen molar-refractivity contribution >= 4 is 33.4 Å². The lowest BCUT2D eigenvalue weighted by Crippen LogP contribution is -2.34. The number of rotatable bonds is 7. The van der Waals surface area contributed by atoms with E-state index in [0.29, 0.717) is 34.5 Å². The first kappa shape index (κ1) is 26.5. The van der Waals surface area contributed by atoms with Crippen molar-refractivity contribution in [3.63, 3.8) is 0 Å². The fourth-order valence-electron chi connectivity index (χ4n) is 5.01. The third-order valence-corrected chi connectivity index (χ3v) is 9.98. The minimum absolute atomic E-state index is 0.233. The van der Waals surface area contributed by atoms with Crippen molar-refractivity contribution in [1.29, 1.82) is 0 Å². The maximum atomic E-state index is 11.0. The van der Waals surface area contributed by atoms with Gasteiger partial charge in [0.1, 0.15) is 18.3 Å². The number of pyridine rings is 1. The Bertz CT molecular complexity index is 1480. The molecule has 2 aliphatic heterocycles. The number of aromatic amines is 1. The third kappa shape index (κ3) is 4.79. The summed E-state index contributed by atoms with van der Waals surface area (Å²) in [5.74, 6) is 0. The van der Waals surface area contributed by atoms with Crippen LogP contribution in [0.2, 0.25) is 5.02 Å². The molecule has 2 aromatic heterocycles. The lowest BCUT2D eigenvalue weighted by atomic mass is 10.0. The maximum Gasteiger partial charge on any atom is 0.296 e. The predicted octanol–water partition coefficient (Wildman–Crippen LogP) is 4.10. The van der Waals surface area contributed by atoms with Crippen LogP contribution < -0.4 is 9.46 Å². The molecular weight excluding hydrogens is 542 g/mol. The van der Waals surface area contributed by atoms with Crippen molar-refractivity contribution in [2.24, 2.45) is 0 Å². The van der Waals surface area contributed by atoms with Crippen LogP contribution in [0, 0.1) is 0 Å². The van der Waals surface area contributed by atoms with Crippen LogP contribution in [-0.2, 0) is 9.47 Å². The van der Waals surface area contributed by atoms with Gasteiger partial charge in [-0.15, -0.1) is 0 Å². The number of hydrogen-bond donors (Lipinski definition) is 4. The highest BCUT2D eigenvalue weighted by molar-refractivity contribution is 8.25. The van der Waals surface area contributed by atoms with Crippen LogP contribution in [0.5, 0.6) is 6.01 Å². The zero-order valence-corrected chi connectivity index (χ0v) is 23.2. The SMILES string of the molecule is CNS(O)(c1ccc(-c2ccc(-c3nc4nc(O[C@@H]5CO[C@H]6[C@@H]5OC[C@H]6O)[nH]c4cc3Cl)cc2)cc1)N(C)C. The Labute approximate surface area is 232 Å². The topological polar surface area (TPSA) is 125 Å². The van der Waals surface area contributed by atoms with Gasteiger partial charge in [-0.2, -0.15) is 4.98 Å². The number of imidazole rings is 1. The fourth-order valence-corrected chi connectivity index (χ4v) is 6.81. The number of aliphatic hydroxyl groups is 1. The van der Waals surface area contributed by atoms with E-state index in [1.807, 2.05) is 62.6 Å². The lowest BCUT2D eigenvalue weighted by Gasteiger charge is -2.39. The molecule has 4 N–H and O–H groups in total. The quantitative estimate of drug-likeness (QED) is 0.259. The molecule has 0 saturated carbocycles. The van der Waals surface area contributed by atoms with Gasteiger partial charge in [-0.3, -0.25) is 0 Å². The molecule has 6 rings (SSSR count). The average Bonchev–Trinajstić information content (AvgIpc) is 3.64. The maximum absolute atomic E-state index is 11.0. The van der Waals surface area contributed by atoms with Crippen molar-refractivity contribution in [3.8, 4) is 28.4 Å². The number of aromatic nitrogens is 3. The summed E-state index contributed by atoms with van der Waals surface area (Å²) in [6.45, 7) is 0.544. The Morgan fingerprint density at radius 3 is 2.31 bits per heavy atom. The molecule has 0 amide bonds. The van der Waals surface area contributed by atoms with Gasteiger partial charge in [0.25, 0.3) is 6.01 Å². The van der Waals surface area contributed by atoms with E-state index >= 15 is 0 Å². The molecule has 0 radical (unpaired) electrons. The molecule has 1 unspecified atom stereocenters. The number of fused-ring (bicyclic) bond motifs is 2. The number of H-pyrrole nitrogens is 1. The molecule has 206 valence electrons. The lowest BCUT2D eigenvalue weighted by molar-refractivity contribution is 0.00706. The number of aliphatic hydroxyl groups excluding tert-OH is 1. The predicted molar refractivity (Wildman–Crippen MR) is 151 cm³/mol. The van der Waals surface area contributed by atoms with E-state index < -0.39 is 16.8 Å². The van der Waals surface area contributed by atoms with Crippen molar-refractivity contribution in [1.82, 2.24) is 24.0 Å². The molecule has 0 spiro atoms. The number of nitrogens with zero attached hydrogens (tertiary/aromatic N) is 3. The van der Waals surface area contributed by atoms with E-state index in [-0.39, 0.29) is 24.9 Å². The number of halogens is 1. The monoisotopic (exact) mass is 571 g/mol. The minimum atomic E-state index is -2.23. The number of ether oxygens (including phenoxy) is 3. The second-order valence-electron chi connectivity index (χ2n) is 9.72. The summed E-state index contributed by atoms with van der Waals surface area (Å²) in [7, 11) is 3.23. The first-order valence-corrected chi connectivity index (χ1v) is 14.5. The van der Waals surface area contributed by atoms with Gasteiger partial charge in [-0.25, -0.2) is 14.0 Å². The van der Waals surface area contributed by atoms with Crippen molar-refractivity contribution < 1.29 is 23.9 Å². The molecular formula is C27H30ClN5O5S. The van der Waals surface area contributed by atoms with E-state index in [1.165, 1.54) is 0 Å². The van der Waals surface area contributed by atoms with Crippen LogP contribution in [-0.4, -0.2) is 87.7 Å². The molecule has 4 heterocycles. The van der Waals surface area contributed by atoms with E-state index in [9.17, 15) is 9.66 Å². The Hall–Kier alpha value is -2.74. The van der Waals surface area contributed by atoms with Crippen LogP contribution in [0.3, 0.4) is 0 Å². The largest absolute Gasteiger partial charge is 0.456 e. The van der Waals surface area contributed by atoms with E-state index in [4.69, 9.17) is 30.8 Å². The molecule has 2 aromatic carbocycles. The first-order chi connectivity index (χ1) is 18.8. The Morgan fingerprint density at radius 2 is 1.64 bits per heavy atom. The summed E-state index contributed by atoms with van der Waals surface area (Å²) < 4.78 is 33.0. The Kier molecular flexibility index (Phi) is 7.02. The van der Waals surface area contributed by atoms with E-state index in [2.05, 4.69) is 14.7 Å². The fraction of sp³-hybridized carbons (Fsp3) is 0.333. The molecule has 0 bridgehead atoms.